The summed E-state index contributed by atoms with van der Waals surface area (Å²) in [6.07, 6.45) is 3.85. The quantitative estimate of drug-likeness (QED) is 0.791. The van der Waals surface area contributed by atoms with Crippen molar-refractivity contribution < 1.29 is 4.79 Å². The highest BCUT2D eigenvalue weighted by Gasteiger charge is 1.94. The van der Waals surface area contributed by atoms with Crippen molar-refractivity contribution in [2.24, 2.45) is 0 Å². The van der Waals surface area contributed by atoms with Gasteiger partial charge in [-0.2, -0.15) is 5.26 Å². The molecule has 0 aliphatic rings. The summed E-state index contributed by atoms with van der Waals surface area (Å²) < 4.78 is 0. The van der Waals surface area contributed by atoms with E-state index in [0.29, 0.717) is 10.6 Å². The van der Waals surface area contributed by atoms with Crippen LogP contribution in [0.3, 0.4) is 0 Å². The zero-order valence-corrected chi connectivity index (χ0v) is 9.32. The molecule has 0 aromatic carbocycles. The second-order valence-corrected chi connectivity index (χ2v) is 4.67. The highest BCUT2D eigenvalue weighted by molar-refractivity contribution is 8.13. The Morgan fingerprint density at radius 3 is 3.14 bits per heavy atom. The van der Waals surface area contributed by atoms with Gasteiger partial charge in [0.05, 0.1) is 0 Å². The number of nitrogens with zero attached hydrogens (tertiary/aromatic N) is 1. The van der Waals surface area contributed by atoms with Crippen molar-refractivity contribution >= 4 is 34.3 Å². The average molecular weight is 223 g/mol. The lowest BCUT2D eigenvalue weighted by Gasteiger charge is -1.87. The maximum absolute atomic E-state index is 10.6. The molecule has 0 aliphatic heterocycles. The van der Waals surface area contributed by atoms with Crippen LogP contribution in [0.15, 0.2) is 17.5 Å². The number of hydrogen-bond acceptors (Lipinski definition) is 4. The zero-order valence-electron chi connectivity index (χ0n) is 7.69. The van der Waals surface area contributed by atoms with Crippen LogP contribution in [-0.2, 0) is 4.79 Å². The van der Waals surface area contributed by atoms with Gasteiger partial charge in [-0.3, -0.25) is 4.79 Å². The molecule has 14 heavy (non-hydrogen) atoms. The molecule has 0 amide bonds. The van der Waals surface area contributed by atoms with Crippen molar-refractivity contribution in [3.05, 3.63) is 28.0 Å². The second-order valence-electron chi connectivity index (χ2n) is 2.56. The summed E-state index contributed by atoms with van der Waals surface area (Å²) in [4.78, 5) is 11.3. The van der Waals surface area contributed by atoms with E-state index in [1.807, 2.05) is 23.6 Å². The van der Waals surface area contributed by atoms with E-state index in [4.69, 9.17) is 5.26 Å². The smallest absolute Gasteiger partial charge is 0.186 e. The maximum atomic E-state index is 10.6. The van der Waals surface area contributed by atoms with Gasteiger partial charge in [-0.05, 0) is 17.0 Å². The van der Waals surface area contributed by atoms with Gasteiger partial charge in [0.25, 0.3) is 0 Å². The molecule has 0 aliphatic carbocycles. The topological polar surface area (TPSA) is 40.9 Å². The molecule has 0 spiro atoms. The van der Waals surface area contributed by atoms with Gasteiger partial charge in [-0.1, -0.05) is 23.9 Å². The predicted octanol–water partition coefficient (Wildman–Crippen LogP) is 2.91. The molecule has 1 rings (SSSR count). The molecule has 0 N–H and O–H groups in total. The van der Waals surface area contributed by atoms with E-state index in [9.17, 15) is 4.79 Å². The summed E-state index contributed by atoms with van der Waals surface area (Å²) in [6.45, 7) is 1.55. The van der Waals surface area contributed by atoms with Crippen LogP contribution >= 0.6 is 23.1 Å². The minimum atomic E-state index is 0.123. The Bertz CT molecular complexity index is 387. The Morgan fingerprint density at radius 1 is 1.79 bits per heavy atom. The van der Waals surface area contributed by atoms with Crippen LogP contribution < -0.4 is 0 Å². The Labute approximate surface area is 91.2 Å². The highest BCUT2D eigenvalue weighted by Crippen LogP contribution is 2.15. The summed E-state index contributed by atoms with van der Waals surface area (Å²) in [5.41, 5.74) is 1.02. The van der Waals surface area contributed by atoms with Crippen molar-refractivity contribution in [1.29, 1.82) is 5.26 Å². The molecule has 4 heteroatoms. The Kier molecular flexibility index (Phi) is 4.44. The fourth-order valence-electron chi connectivity index (χ4n) is 0.847. The van der Waals surface area contributed by atoms with Gasteiger partial charge in [-0.25, -0.2) is 0 Å². The SMILES string of the molecule is CC(=O)SCC=Cc1csc(C#N)c1. The highest BCUT2D eigenvalue weighted by atomic mass is 32.2. The lowest BCUT2D eigenvalue weighted by molar-refractivity contribution is -0.109. The first-order chi connectivity index (χ1) is 6.72. The predicted molar refractivity (Wildman–Crippen MR) is 61.2 cm³/mol. The van der Waals surface area contributed by atoms with Crippen LogP contribution in [0.2, 0.25) is 0 Å². The molecule has 0 saturated heterocycles. The van der Waals surface area contributed by atoms with E-state index in [1.54, 1.807) is 6.92 Å². The molecular formula is C10H9NOS2. The standard InChI is InChI=1S/C10H9NOS2/c1-8(12)13-4-2-3-9-5-10(6-11)14-7-9/h2-3,5,7H,4H2,1H3. The third kappa shape index (κ3) is 3.77. The van der Waals surface area contributed by atoms with Gasteiger partial charge in [0.1, 0.15) is 10.9 Å². The first-order valence-corrected chi connectivity index (χ1v) is 5.87. The Balaban J connectivity index is 2.44. The number of nitriles is 1. The largest absolute Gasteiger partial charge is 0.288 e. The van der Waals surface area contributed by atoms with Gasteiger partial charge < -0.3 is 0 Å². The van der Waals surface area contributed by atoms with Crippen LogP contribution in [0.25, 0.3) is 6.08 Å². The maximum Gasteiger partial charge on any atom is 0.186 e. The number of carbonyl (C=O) groups is 1. The van der Waals surface area contributed by atoms with Gasteiger partial charge >= 0.3 is 0 Å². The minimum Gasteiger partial charge on any atom is -0.288 e. The average Bonchev–Trinajstić information content (AvgIpc) is 2.60. The first-order valence-electron chi connectivity index (χ1n) is 4.01. The summed E-state index contributed by atoms with van der Waals surface area (Å²) in [7, 11) is 0. The van der Waals surface area contributed by atoms with Crippen LogP contribution in [-0.4, -0.2) is 10.9 Å². The normalized spacial score (nSPS) is 10.3. The van der Waals surface area contributed by atoms with Crippen molar-refractivity contribution in [2.75, 3.05) is 5.75 Å². The molecule has 72 valence electrons. The van der Waals surface area contributed by atoms with E-state index in [1.165, 1.54) is 23.1 Å². The van der Waals surface area contributed by atoms with Crippen molar-refractivity contribution in [3.63, 3.8) is 0 Å². The molecule has 0 bridgehead atoms. The van der Waals surface area contributed by atoms with Gasteiger partial charge in [-0.15, -0.1) is 11.3 Å². The van der Waals surface area contributed by atoms with Crippen molar-refractivity contribution in [1.82, 2.24) is 0 Å². The number of carbonyl (C=O) groups excluding carboxylic acids is 1. The Morgan fingerprint density at radius 2 is 2.57 bits per heavy atom. The van der Waals surface area contributed by atoms with Gasteiger partial charge in [0.2, 0.25) is 0 Å². The molecule has 0 unspecified atom stereocenters. The fraction of sp³-hybridized carbons (Fsp3) is 0.200. The fourth-order valence-corrected chi connectivity index (χ4v) is 1.94. The third-order valence-electron chi connectivity index (χ3n) is 1.42. The monoisotopic (exact) mass is 223 g/mol. The van der Waals surface area contributed by atoms with Crippen molar-refractivity contribution in [3.8, 4) is 6.07 Å². The number of rotatable bonds is 3. The molecule has 0 radical (unpaired) electrons. The Hall–Kier alpha value is -1.05. The zero-order chi connectivity index (χ0) is 10.4. The van der Waals surface area contributed by atoms with E-state index in [-0.39, 0.29) is 5.12 Å². The van der Waals surface area contributed by atoms with E-state index < -0.39 is 0 Å². The van der Waals surface area contributed by atoms with Crippen LogP contribution in [0.4, 0.5) is 0 Å². The minimum absolute atomic E-state index is 0.123. The number of hydrogen-bond donors (Lipinski definition) is 0. The lowest BCUT2D eigenvalue weighted by atomic mass is 10.3. The van der Waals surface area contributed by atoms with Crippen LogP contribution in [0.5, 0.6) is 0 Å². The lowest BCUT2D eigenvalue weighted by Crippen LogP contribution is -1.80. The summed E-state index contributed by atoms with van der Waals surface area (Å²) in [5.74, 6) is 0.688. The second kappa shape index (κ2) is 5.63. The molecule has 1 heterocycles. The number of thioether (sulfide) groups is 1. The molecular weight excluding hydrogens is 214 g/mol. The molecule has 1 aromatic heterocycles. The van der Waals surface area contributed by atoms with Gasteiger partial charge in [0.15, 0.2) is 5.12 Å². The molecule has 0 fully saturated rings. The van der Waals surface area contributed by atoms with Gasteiger partial charge in [0, 0.05) is 12.7 Å². The molecule has 0 atom stereocenters. The molecule has 0 saturated carbocycles. The van der Waals surface area contributed by atoms with E-state index >= 15 is 0 Å². The summed E-state index contributed by atoms with van der Waals surface area (Å²) in [6, 6.07) is 3.91. The third-order valence-corrected chi connectivity index (χ3v) is 3.04. The molecule has 1 aromatic rings. The van der Waals surface area contributed by atoms with Crippen LogP contribution in [0, 0.1) is 11.3 Å². The number of thiophene rings is 1. The van der Waals surface area contributed by atoms with E-state index in [2.05, 4.69) is 6.07 Å². The summed E-state index contributed by atoms with van der Waals surface area (Å²) in [5, 5.41) is 10.6. The molecule has 2 nitrogen and oxygen atoms in total. The van der Waals surface area contributed by atoms with E-state index in [0.717, 1.165) is 5.56 Å². The van der Waals surface area contributed by atoms with Crippen molar-refractivity contribution in [2.45, 2.75) is 6.92 Å². The first kappa shape index (κ1) is 11.0. The summed E-state index contributed by atoms with van der Waals surface area (Å²) >= 11 is 2.70. The van der Waals surface area contributed by atoms with Crippen LogP contribution in [0.1, 0.15) is 17.4 Å².